The normalized spacial score (nSPS) is 11.7. The number of furan rings is 1. The minimum absolute atomic E-state index is 0.873. The number of hydrogen-bond acceptors (Lipinski definition) is 2. The van der Waals surface area contributed by atoms with E-state index in [-0.39, 0.29) is 0 Å². The number of hydrogen-bond donors (Lipinski definition) is 0. The van der Waals surface area contributed by atoms with Crippen molar-refractivity contribution >= 4 is 71.6 Å². The van der Waals surface area contributed by atoms with Gasteiger partial charge in [-0.2, -0.15) is 0 Å². The van der Waals surface area contributed by atoms with Gasteiger partial charge in [-0.15, -0.1) is 0 Å². The van der Waals surface area contributed by atoms with E-state index in [9.17, 15) is 0 Å². The van der Waals surface area contributed by atoms with Crippen LogP contribution in [0.4, 0.5) is 17.1 Å². The molecule has 0 unspecified atom stereocenters. The van der Waals surface area contributed by atoms with E-state index in [4.69, 9.17) is 4.42 Å². The zero-order chi connectivity index (χ0) is 28.3. The summed E-state index contributed by atoms with van der Waals surface area (Å²) in [6.07, 6.45) is 0. The second kappa shape index (κ2) is 9.37. The predicted molar refractivity (Wildman–Crippen MR) is 180 cm³/mol. The average Bonchev–Trinajstić information content (AvgIpc) is 3.61. The minimum atomic E-state index is 0.873. The zero-order valence-electron chi connectivity index (χ0n) is 23.3. The lowest BCUT2D eigenvalue weighted by atomic mass is 10.0. The summed E-state index contributed by atoms with van der Waals surface area (Å²) >= 11 is 0. The van der Waals surface area contributed by atoms with Crippen LogP contribution in [0.25, 0.3) is 60.2 Å². The van der Waals surface area contributed by atoms with Gasteiger partial charge in [0.25, 0.3) is 0 Å². The summed E-state index contributed by atoms with van der Waals surface area (Å²) in [5.41, 5.74) is 8.49. The van der Waals surface area contributed by atoms with Crippen LogP contribution in [-0.2, 0) is 0 Å². The average molecular weight is 551 g/mol. The first-order valence-corrected chi connectivity index (χ1v) is 14.6. The van der Waals surface area contributed by atoms with E-state index in [0.29, 0.717) is 0 Å². The lowest BCUT2D eigenvalue weighted by Crippen LogP contribution is -2.13. The second-order valence-electron chi connectivity index (χ2n) is 11.0. The summed E-state index contributed by atoms with van der Waals surface area (Å²) in [6.45, 7) is 0. The van der Waals surface area contributed by atoms with Gasteiger partial charge in [-0.25, -0.2) is 0 Å². The van der Waals surface area contributed by atoms with Crippen molar-refractivity contribution in [1.82, 2.24) is 4.57 Å². The van der Waals surface area contributed by atoms with Crippen LogP contribution in [0.3, 0.4) is 0 Å². The third-order valence-corrected chi connectivity index (χ3v) is 8.56. The van der Waals surface area contributed by atoms with E-state index in [1.54, 1.807) is 0 Å². The Morgan fingerprint density at radius 3 is 1.79 bits per heavy atom. The fourth-order valence-electron chi connectivity index (χ4n) is 6.68. The third-order valence-electron chi connectivity index (χ3n) is 8.56. The molecule has 3 nitrogen and oxygen atoms in total. The van der Waals surface area contributed by atoms with Gasteiger partial charge in [-0.1, -0.05) is 103 Å². The van der Waals surface area contributed by atoms with Crippen molar-refractivity contribution in [2.24, 2.45) is 0 Å². The van der Waals surface area contributed by atoms with Crippen LogP contribution >= 0.6 is 0 Å². The molecule has 0 aliphatic heterocycles. The molecule has 0 atom stereocenters. The van der Waals surface area contributed by atoms with Crippen molar-refractivity contribution in [1.29, 1.82) is 0 Å². The number of fused-ring (bicyclic) bond motifs is 7. The maximum atomic E-state index is 6.39. The Bertz CT molecular complexity index is 2410. The number of rotatable bonds is 4. The lowest BCUT2D eigenvalue weighted by Gasteiger charge is -2.29. The molecule has 9 aromatic rings. The Balaban J connectivity index is 1.41. The molecule has 0 N–H and O–H groups in total. The second-order valence-corrected chi connectivity index (χ2v) is 11.0. The maximum absolute atomic E-state index is 6.39. The molecular formula is C40H26N2O. The Morgan fingerprint density at radius 1 is 0.419 bits per heavy atom. The molecule has 0 saturated heterocycles. The molecule has 2 heterocycles. The van der Waals surface area contributed by atoms with Gasteiger partial charge in [0.15, 0.2) is 0 Å². The number of anilines is 3. The standard InChI is InChI=1S/C40H26N2O/c1-2-13-28(14-3-1)41(29-23-24-34-33-18-8-11-21-38(33)43-39(34)26-29)40-30-15-5-4-12-27(30)22-25-37(40)42-35-19-9-6-16-31(35)32-17-7-10-20-36(32)42/h1-26H. The molecule has 0 saturated carbocycles. The summed E-state index contributed by atoms with van der Waals surface area (Å²) in [6, 6.07) is 56.1. The van der Waals surface area contributed by atoms with Gasteiger partial charge in [-0.3, -0.25) is 0 Å². The van der Waals surface area contributed by atoms with Crippen LogP contribution in [0.1, 0.15) is 0 Å². The van der Waals surface area contributed by atoms with Crippen molar-refractivity contribution < 1.29 is 4.42 Å². The molecule has 0 bridgehead atoms. The lowest BCUT2D eigenvalue weighted by molar-refractivity contribution is 0.669. The van der Waals surface area contributed by atoms with E-state index in [1.165, 1.54) is 32.6 Å². The van der Waals surface area contributed by atoms with Crippen molar-refractivity contribution in [2.75, 3.05) is 4.90 Å². The molecule has 43 heavy (non-hydrogen) atoms. The molecule has 0 radical (unpaired) electrons. The molecule has 3 heteroatoms. The Labute approximate surface area is 248 Å². The fraction of sp³-hybridized carbons (Fsp3) is 0. The van der Waals surface area contributed by atoms with Crippen LogP contribution in [0.2, 0.25) is 0 Å². The molecule has 0 amide bonds. The highest BCUT2D eigenvalue weighted by Gasteiger charge is 2.23. The summed E-state index contributed by atoms with van der Waals surface area (Å²) in [5, 5.41) is 7.10. The minimum Gasteiger partial charge on any atom is -0.456 e. The topological polar surface area (TPSA) is 21.3 Å². The van der Waals surface area contributed by atoms with Crippen LogP contribution in [0.5, 0.6) is 0 Å². The third kappa shape index (κ3) is 3.62. The maximum Gasteiger partial charge on any atom is 0.137 e. The first kappa shape index (κ1) is 23.9. The van der Waals surface area contributed by atoms with E-state index >= 15 is 0 Å². The first-order valence-electron chi connectivity index (χ1n) is 14.6. The Hall–Kier alpha value is -5.80. The van der Waals surface area contributed by atoms with Crippen molar-refractivity contribution in [2.45, 2.75) is 0 Å². The summed E-state index contributed by atoms with van der Waals surface area (Å²) in [5.74, 6) is 0. The predicted octanol–water partition coefficient (Wildman–Crippen LogP) is 11.3. The van der Waals surface area contributed by atoms with E-state index in [2.05, 4.69) is 155 Å². The van der Waals surface area contributed by atoms with Gasteiger partial charge < -0.3 is 13.9 Å². The molecule has 0 fully saturated rings. The van der Waals surface area contributed by atoms with Crippen LogP contribution < -0.4 is 4.90 Å². The van der Waals surface area contributed by atoms with Crippen LogP contribution in [-0.4, -0.2) is 4.57 Å². The summed E-state index contributed by atoms with van der Waals surface area (Å²) in [7, 11) is 0. The zero-order valence-corrected chi connectivity index (χ0v) is 23.3. The SMILES string of the molecule is c1ccc(N(c2ccc3c(c2)oc2ccccc23)c2c(-n3c4ccccc4c4ccccc43)ccc3ccccc23)cc1. The molecule has 9 rings (SSSR count). The van der Waals surface area contributed by atoms with Gasteiger partial charge in [0.1, 0.15) is 11.2 Å². The van der Waals surface area contributed by atoms with Gasteiger partial charge in [0.05, 0.1) is 22.4 Å². The highest BCUT2D eigenvalue weighted by molar-refractivity contribution is 6.12. The van der Waals surface area contributed by atoms with Crippen LogP contribution in [0.15, 0.2) is 162 Å². The van der Waals surface area contributed by atoms with Gasteiger partial charge in [-0.05, 0) is 53.9 Å². The summed E-state index contributed by atoms with van der Waals surface area (Å²) < 4.78 is 8.81. The van der Waals surface area contributed by atoms with Gasteiger partial charge >= 0.3 is 0 Å². The largest absolute Gasteiger partial charge is 0.456 e. The van der Waals surface area contributed by atoms with Crippen molar-refractivity contribution in [3.8, 4) is 5.69 Å². The fourth-order valence-corrected chi connectivity index (χ4v) is 6.68. The van der Waals surface area contributed by atoms with Gasteiger partial charge in [0.2, 0.25) is 0 Å². The van der Waals surface area contributed by atoms with E-state index in [0.717, 1.165) is 44.7 Å². The highest BCUT2D eigenvalue weighted by atomic mass is 16.3. The van der Waals surface area contributed by atoms with Crippen LogP contribution in [0, 0.1) is 0 Å². The quantitative estimate of drug-likeness (QED) is 0.217. The number of aromatic nitrogens is 1. The van der Waals surface area contributed by atoms with E-state index < -0.39 is 0 Å². The molecular weight excluding hydrogens is 524 g/mol. The monoisotopic (exact) mass is 550 g/mol. The molecule has 0 spiro atoms. The van der Waals surface area contributed by atoms with Gasteiger partial charge in [0, 0.05) is 44.4 Å². The molecule has 202 valence electrons. The Kier molecular flexibility index (Phi) is 5.20. The van der Waals surface area contributed by atoms with Crippen molar-refractivity contribution in [3.63, 3.8) is 0 Å². The number of nitrogens with zero attached hydrogens (tertiary/aromatic N) is 2. The molecule has 7 aromatic carbocycles. The first-order chi connectivity index (χ1) is 21.3. The molecule has 0 aliphatic carbocycles. The number of benzene rings is 7. The smallest absolute Gasteiger partial charge is 0.137 e. The van der Waals surface area contributed by atoms with E-state index in [1.807, 2.05) is 12.1 Å². The summed E-state index contributed by atoms with van der Waals surface area (Å²) in [4.78, 5) is 2.38. The van der Waals surface area contributed by atoms with Crippen molar-refractivity contribution in [3.05, 3.63) is 158 Å². The molecule has 0 aliphatic rings. The number of para-hydroxylation sites is 4. The molecule has 2 aromatic heterocycles. The highest BCUT2D eigenvalue weighted by Crippen LogP contribution is 2.46. The Morgan fingerprint density at radius 2 is 1.02 bits per heavy atom.